The zero-order valence-electron chi connectivity index (χ0n) is 12.8. The van der Waals surface area contributed by atoms with E-state index in [-0.39, 0.29) is 0 Å². The highest BCUT2D eigenvalue weighted by atomic mass is 16.7. The number of hydrogen-bond donors (Lipinski definition) is 0. The van der Waals surface area contributed by atoms with E-state index in [4.69, 9.17) is 9.47 Å². The molecule has 0 saturated carbocycles. The summed E-state index contributed by atoms with van der Waals surface area (Å²) in [7, 11) is 1.98. The lowest BCUT2D eigenvalue weighted by molar-refractivity contribution is 0.174. The number of rotatable bonds is 5. The fourth-order valence-electron chi connectivity index (χ4n) is 2.52. The lowest BCUT2D eigenvalue weighted by atomic mass is 10.1. The molecule has 0 N–H and O–H groups in total. The highest BCUT2D eigenvalue weighted by molar-refractivity contribution is 5.44. The molecule has 0 spiro atoms. The highest BCUT2D eigenvalue weighted by Gasteiger charge is 2.15. The molecule has 0 unspecified atom stereocenters. The van der Waals surface area contributed by atoms with Crippen LogP contribution in [0.2, 0.25) is 0 Å². The maximum absolute atomic E-state index is 5.44. The van der Waals surface area contributed by atoms with Gasteiger partial charge in [0, 0.05) is 31.4 Å². The minimum absolute atomic E-state index is 0.325. The largest absolute Gasteiger partial charge is 0.454 e. The van der Waals surface area contributed by atoms with Gasteiger partial charge in [-0.25, -0.2) is 0 Å². The zero-order valence-corrected chi connectivity index (χ0v) is 12.8. The molecule has 1 aromatic heterocycles. The van der Waals surface area contributed by atoms with E-state index in [2.05, 4.69) is 36.0 Å². The molecule has 1 aliphatic heterocycles. The van der Waals surface area contributed by atoms with Crippen LogP contribution in [0.3, 0.4) is 0 Å². The molecule has 112 valence electrons. The number of ether oxygens (including phenoxy) is 2. The molecule has 0 atom stereocenters. The standard InChI is InChI=1S/C16H21N3O2/c1-4-19(10-14-8-17-18(3)12(14)2)9-13-5-6-15-16(7-13)21-11-20-15/h5-8H,4,9-11H2,1-3H3. The molecule has 0 bridgehead atoms. The Morgan fingerprint density at radius 2 is 2.05 bits per heavy atom. The van der Waals surface area contributed by atoms with Crippen molar-refractivity contribution in [1.82, 2.24) is 14.7 Å². The first-order chi connectivity index (χ1) is 10.2. The molecule has 2 aromatic rings. The van der Waals surface area contributed by atoms with E-state index >= 15 is 0 Å². The van der Waals surface area contributed by atoms with E-state index in [9.17, 15) is 0 Å². The average molecular weight is 287 g/mol. The summed E-state index contributed by atoms with van der Waals surface area (Å²) >= 11 is 0. The predicted octanol–water partition coefficient (Wildman–Crippen LogP) is 2.48. The Bertz CT molecular complexity index is 636. The fourth-order valence-corrected chi connectivity index (χ4v) is 2.52. The van der Waals surface area contributed by atoms with Crippen molar-refractivity contribution in [2.24, 2.45) is 7.05 Å². The summed E-state index contributed by atoms with van der Waals surface area (Å²) in [5, 5.41) is 4.31. The molecule has 0 amide bonds. The molecule has 3 rings (SSSR count). The molecular formula is C16H21N3O2. The normalized spacial score (nSPS) is 13.1. The zero-order chi connectivity index (χ0) is 14.8. The second-order valence-corrected chi connectivity index (χ2v) is 5.37. The van der Waals surface area contributed by atoms with E-state index in [1.165, 1.54) is 16.8 Å². The van der Waals surface area contributed by atoms with E-state index in [0.29, 0.717) is 6.79 Å². The average Bonchev–Trinajstić information content (AvgIpc) is 3.07. The van der Waals surface area contributed by atoms with Gasteiger partial charge in [-0.1, -0.05) is 13.0 Å². The van der Waals surface area contributed by atoms with Gasteiger partial charge in [0.15, 0.2) is 11.5 Å². The number of fused-ring (bicyclic) bond motifs is 1. The van der Waals surface area contributed by atoms with Crippen LogP contribution in [0.25, 0.3) is 0 Å². The number of aryl methyl sites for hydroxylation is 1. The van der Waals surface area contributed by atoms with Gasteiger partial charge in [-0.05, 0) is 31.2 Å². The van der Waals surface area contributed by atoms with Crippen LogP contribution in [0, 0.1) is 6.92 Å². The molecule has 21 heavy (non-hydrogen) atoms. The van der Waals surface area contributed by atoms with Crippen molar-refractivity contribution < 1.29 is 9.47 Å². The molecule has 0 saturated heterocycles. The van der Waals surface area contributed by atoms with Crippen LogP contribution in [0.1, 0.15) is 23.7 Å². The minimum atomic E-state index is 0.325. The lowest BCUT2D eigenvalue weighted by Crippen LogP contribution is -2.22. The lowest BCUT2D eigenvalue weighted by Gasteiger charge is -2.20. The van der Waals surface area contributed by atoms with Crippen LogP contribution in [0.4, 0.5) is 0 Å². The van der Waals surface area contributed by atoms with Crippen molar-refractivity contribution in [3.63, 3.8) is 0 Å². The Morgan fingerprint density at radius 1 is 1.24 bits per heavy atom. The molecular weight excluding hydrogens is 266 g/mol. The van der Waals surface area contributed by atoms with E-state index in [1.807, 2.05) is 24.0 Å². The SMILES string of the molecule is CCN(Cc1ccc2c(c1)OCO2)Cc1cnn(C)c1C. The molecule has 1 aromatic carbocycles. The van der Waals surface area contributed by atoms with Crippen LogP contribution in [-0.4, -0.2) is 28.0 Å². The number of benzene rings is 1. The fraction of sp³-hybridized carbons (Fsp3) is 0.438. The summed E-state index contributed by atoms with van der Waals surface area (Å²) in [6.07, 6.45) is 1.96. The summed E-state index contributed by atoms with van der Waals surface area (Å²) in [6, 6.07) is 6.16. The summed E-state index contributed by atoms with van der Waals surface area (Å²) in [5.41, 5.74) is 3.74. The Hall–Kier alpha value is -2.01. The van der Waals surface area contributed by atoms with Crippen LogP contribution in [0.5, 0.6) is 11.5 Å². The van der Waals surface area contributed by atoms with Crippen molar-refractivity contribution in [2.45, 2.75) is 26.9 Å². The Kier molecular flexibility index (Phi) is 3.84. The Morgan fingerprint density at radius 3 is 2.76 bits per heavy atom. The first-order valence-corrected chi connectivity index (χ1v) is 7.25. The molecule has 5 nitrogen and oxygen atoms in total. The number of nitrogens with zero attached hydrogens (tertiary/aromatic N) is 3. The smallest absolute Gasteiger partial charge is 0.231 e. The van der Waals surface area contributed by atoms with Gasteiger partial charge < -0.3 is 9.47 Å². The predicted molar refractivity (Wildman–Crippen MR) is 80.3 cm³/mol. The van der Waals surface area contributed by atoms with Gasteiger partial charge in [-0.3, -0.25) is 9.58 Å². The quantitative estimate of drug-likeness (QED) is 0.847. The first kappa shape index (κ1) is 13.9. The van der Waals surface area contributed by atoms with Crippen LogP contribution in [-0.2, 0) is 20.1 Å². The van der Waals surface area contributed by atoms with Crippen molar-refractivity contribution in [2.75, 3.05) is 13.3 Å². The third kappa shape index (κ3) is 2.88. The van der Waals surface area contributed by atoms with Crippen LogP contribution < -0.4 is 9.47 Å². The summed E-state index contributed by atoms with van der Waals surface area (Å²) < 4.78 is 12.7. The van der Waals surface area contributed by atoms with Gasteiger partial charge in [-0.2, -0.15) is 5.10 Å². The summed E-state index contributed by atoms with van der Waals surface area (Å²) in [6.45, 7) is 7.40. The number of hydrogen-bond acceptors (Lipinski definition) is 4. The third-order valence-corrected chi connectivity index (χ3v) is 4.02. The Balaban J connectivity index is 1.71. The van der Waals surface area contributed by atoms with Crippen LogP contribution >= 0.6 is 0 Å². The van der Waals surface area contributed by atoms with Gasteiger partial charge in [0.1, 0.15) is 0 Å². The minimum Gasteiger partial charge on any atom is -0.454 e. The maximum atomic E-state index is 5.44. The van der Waals surface area contributed by atoms with Crippen molar-refractivity contribution in [3.05, 3.63) is 41.2 Å². The first-order valence-electron chi connectivity index (χ1n) is 7.25. The molecule has 2 heterocycles. The molecule has 0 aliphatic carbocycles. The van der Waals surface area contributed by atoms with Crippen molar-refractivity contribution in [3.8, 4) is 11.5 Å². The number of aromatic nitrogens is 2. The second kappa shape index (κ2) is 5.77. The van der Waals surface area contributed by atoms with Gasteiger partial charge in [-0.15, -0.1) is 0 Å². The summed E-state index contributed by atoms with van der Waals surface area (Å²) in [5.74, 6) is 1.69. The highest BCUT2D eigenvalue weighted by Crippen LogP contribution is 2.32. The van der Waals surface area contributed by atoms with E-state index in [0.717, 1.165) is 31.1 Å². The van der Waals surface area contributed by atoms with Crippen molar-refractivity contribution in [1.29, 1.82) is 0 Å². The van der Waals surface area contributed by atoms with Gasteiger partial charge >= 0.3 is 0 Å². The van der Waals surface area contributed by atoms with Crippen LogP contribution in [0.15, 0.2) is 24.4 Å². The van der Waals surface area contributed by atoms with Crippen molar-refractivity contribution >= 4 is 0 Å². The van der Waals surface area contributed by atoms with Gasteiger partial charge in [0.2, 0.25) is 6.79 Å². The summed E-state index contributed by atoms with van der Waals surface area (Å²) in [4.78, 5) is 2.39. The van der Waals surface area contributed by atoms with E-state index < -0.39 is 0 Å². The van der Waals surface area contributed by atoms with E-state index in [1.54, 1.807) is 0 Å². The molecule has 0 radical (unpaired) electrons. The van der Waals surface area contributed by atoms with Gasteiger partial charge in [0.05, 0.1) is 6.20 Å². The molecule has 0 fully saturated rings. The maximum Gasteiger partial charge on any atom is 0.231 e. The Labute approximate surface area is 125 Å². The molecule has 1 aliphatic rings. The monoisotopic (exact) mass is 287 g/mol. The second-order valence-electron chi connectivity index (χ2n) is 5.37. The molecule has 5 heteroatoms. The topological polar surface area (TPSA) is 39.5 Å². The van der Waals surface area contributed by atoms with Gasteiger partial charge in [0.25, 0.3) is 0 Å². The third-order valence-electron chi connectivity index (χ3n) is 4.02.